The van der Waals surface area contributed by atoms with Crippen molar-refractivity contribution < 1.29 is 42.3 Å². The van der Waals surface area contributed by atoms with Crippen LogP contribution in [0.2, 0.25) is 0 Å². The Morgan fingerprint density at radius 3 is 2.18 bits per heavy atom. The lowest BCUT2D eigenvalue weighted by Crippen LogP contribution is -2.74. The Labute approximate surface area is 386 Å². The van der Waals surface area contributed by atoms with Crippen LogP contribution in [0.15, 0.2) is 48.5 Å². The van der Waals surface area contributed by atoms with Crippen LogP contribution in [0, 0.1) is 41.9 Å². The van der Waals surface area contributed by atoms with Gasteiger partial charge >= 0.3 is 0 Å². The molecule has 5 amide bonds. The van der Waals surface area contributed by atoms with E-state index in [-0.39, 0.29) is 82.5 Å². The molecular formula is C51H62N6O8. The first kappa shape index (κ1) is 41.7. The quantitative estimate of drug-likeness (QED) is 0.175. The van der Waals surface area contributed by atoms with Crippen molar-refractivity contribution in [3.05, 3.63) is 81.9 Å². The summed E-state index contributed by atoms with van der Waals surface area (Å²) in [5.74, 6) is -1.97. The number of fused-ring (bicyclic) bond motifs is 1. The summed E-state index contributed by atoms with van der Waals surface area (Å²) in [6.45, 7) is 19.4. The molecule has 14 nitrogen and oxygen atoms in total. The van der Waals surface area contributed by atoms with Crippen LogP contribution in [-0.4, -0.2) is 102 Å². The molecule has 2 saturated carbocycles. The highest BCUT2D eigenvalue weighted by Crippen LogP contribution is 2.55. The number of carbonyl (C=O) groups is 5. The molecule has 3 aromatic rings. The monoisotopic (exact) mass is 889 g/mol. The fraction of sp³-hybridized carbons (Fsp3) is 0.529. The number of carbonyl (C=O) groups excluding carboxylic acids is 5. The summed E-state index contributed by atoms with van der Waals surface area (Å²) in [5, 5.41) is 15.0. The number of methoxy groups -OCH3 is 1. The van der Waals surface area contributed by atoms with Crippen LogP contribution in [0.1, 0.15) is 132 Å². The molecule has 344 valence electrons. The van der Waals surface area contributed by atoms with Crippen LogP contribution in [0.25, 0.3) is 0 Å². The van der Waals surface area contributed by atoms with Gasteiger partial charge in [0.2, 0.25) is 11.8 Å². The Kier molecular flexibility index (Phi) is 11.2. The van der Waals surface area contributed by atoms with E-state index in [1.54, 1.807) is 0 Å². The lowest BCUT2D eigenvalue weighted by molar-refractivity contribution is -0.164. The molecule has 2 aliphatic carbocycles. The minimum Gasteiger partial charge on any atom is -0.496 e. The number of nitrogens with one attached hydrogen (secondary N) is 2. The number of anilines is 1. The first-order valence-electron chi connectivity index (χ1n) is 24.3. The van der Waals surface area contributed by atoms with Crippen LogP contribution in [-0.2, 0) is 9.59 Å². The summed E-state index contributed by atoms with van der Waals surface area (Å²) in [7, 11) is -2.93. The molecule has 3 aromatic carbocycles. The van der Waals surface area contributed by atoms with Gasteiger partial charge in [-0.2, -0.15) is 5.26 Å². The zero-order valence-electron chi connectivity index (χ0n) is 41.6. The first-order chi connectivity index (χ1) is 32.0. The number of nitriles is 1. The minimum absolute atomic E-state index is 0.0413. The zero-order chi connectivity index (χ0) is 49.2. The molecule has 14 heteroatoms. The van der Waals surface area contributed by atoms with Crippen molar-refractivity contribution >= 4 is 35.2 Å². The van der Waals surface area contributed by atoms with Gasteiger partial charge in [0.05, 0.1) is 33.9 Å². The van der Waals surface area contributed by atoms with Crippen molar-refractivity contribution in [2.24, 2.45) is 16.7 Å². The summed E-state index contributed by atoms with van der Waals surface area (Å²) in [4.78, 5) is 70.9. The lowest BCUT2D eigenvalue weighted by atomic mass is 9.49. The molecule has 8 rings (SSSR count). The molecule has 1 atom stereocenters. The molecule has 5 aliphatic rings. The van der Waals surface area contributed by atoms with Crippen molar-refractivity contribution in [1.82, 2.24) is 20.4 Å². The number of rotatable bonds is 13. The maximum atomic E-state index is 13.7. The molecule has 3 aliphatic heterocycles. The molecule has 2 saturated heterocycles. The Bertz CT molecular complexity index is 2520. The number of nitrogens with zero attached hydrogens (tertiary/aromatic N) is 4. The van der Waals surface area contributed by atoms with Gasteiger partial charge in [-0.3, -0.25) is 39.1 Å². The number of hydrogen-bond acceptors (Lipinski definition) is 11. The predicted molar refractivity (Wildman–Crippen MR) is 244 cm³/mol. The van der Waals surface area contributed by atoms with Gasteiger partial charge in [0, 0.05) is 85.2 Å². The van der Waals surface area contributed by atoms with Crippen LogP contribution in [0.4, 0.5) is 5.69 Å². The smallest absolute Gasteiger partial charge is 0.266 e. The maximum absolute atomic E-state index is 13.7. The van der Waals surface area contributed by atoms with E-state index in [1.807, 2.05) is 50.2 Å². The molecular weight excluding hydrogens is 825 g/mol. The maximum Gasteiger partial charge on any atom is 0.266 e. The topological polar surface area (TPSA) is 171 Å². The van der Waals surface area contributed by atoms with Crippen LogP contribution < -0.4 is 29.7 Å². The number of ether oxygens (including phenoxy) is 3. The van der Waals surface area contributed by atoms with Crippen LogP contribution in [0.5, 0.6) is 17.2 Å². The number of imide groups is 2. The molecule has 0 bridgehead atoms. The van der Waals surface area contributed by atoms with Gasteiger partial charge in [-0.1, -0.05) is 27.7 Å². The summed E-state index contributed by atoms with van der Waals surface area (Å²) in [5.41, 5.74) is 3.06. The van der Waals surface area contributed by atoms with Gasteiger partial charge in [0.25, 0.3) is 17.7 Å². The van der Waals surface area contributed by atoms with E-state index >= 15 is 0 Å². The summed E-state index contributed by atoms with van der Waals surface area (Å²) in [6, 6.07) is 15.9. The second-order valence-corrected chi connectivity index (χ2v) is 20.1. The van der Waals surface area contributed by atoms with E-state index in [2.05, 4.69) is 68.0 Å². The van der Waals surface area contributed by atoms with Crippen LogP contribution >= 0.6 is 0 Å². The molecule has 0 unspecified atom stereocenters. The zero-order valence-corrected chi connectivity index (χ0v) is 38.6. The average Bonchev–Trinajstić information content (AvgIpc) is 3.50. The number of piperidine rings is 2. The van der Waals surface area contributed by atoms with Crippen molar-refractivity contribution in [3.63, 3.8) is 0 Å². The molecule has 0 aromatic heterocycles. The molecule has 3 heterocycles. The fourth-order valence-corrected chi connectivity index (χ4v) is 11.4. The number of hydrogen-bond donors (Lipinski definition) is 2. The summed E-state index contributed by atoms with van der Waals surface area (Å²) in [6.07, 6.45) is 2.98. The molecule has 0 spiro atoms. The number of amides is 5. The van der Waals surface area contributed by atoms with Crippen molar-refractivity contribution in [1.29, 1.82) is 5.26 Å². The number of aryl methyl sites for hydroxylation is 2. The largest absolute Gasteiger partial charge is 0.496 e. The highest BCUT2D eigenvalue weighted by molar-refractivity contribution is 6.24. The molecule has 65 heavy (non-hydrogen) atoms. The highest BCUT2D eigenvalue weighted by Gasteiger charge is 2.64. The van der Waals surface area contributed by atoms with Gasteiger partial charge in [0.15, 0.2) is 0 Å². The predicted octanol–water partition coefficient (Wildman–Crippen LogP) is 6.73. The van der Waals surface area contributed by atoms with E-state index < -0.39 is 36.7 Å². The normalized spacial score (nSPS) is 25.7. The third-order valence-corrected chi connectivity index (χ3v) is 14.7. The van der Waals surface area contributed by atoms with Crippen LogP contribution in [0.3, 0.4) is 0 Å². The lowest BCUT2D eigenvalue weighted by Gasteiger charge is -2.63. The standard InChI is InChI=1S/C51H62N6O8/c1-28(2)56(34-22-36(23-34)64-37-24-38-43(41(25-37)63-9)47(62)57(46(38)61)40-14-15-42(58)53-45(40)60)27-31-16-18-55(19-17-31)33-12-10-32(11-13-33)44(59)54-48-50(5,6)49(51(48,7)8)65-35-20-29(3)39(26-52)30(4)21-35/h10-13,20-21,24-25,28,31,34,36,40,48-49H,14-19,22-23,27H2,1-9H3,(H,54,59)(H,53,58,60)/t34?,36?,40-,48?,49?/m1/s1/i9D3. The Hall–Kier alpha value is -5.94. The summed E-state index contributed by atoms with van der Waals surface area (Å²) < 4.78 is 41.3. The van der Waals surface area contributed by atoms with Crippen molar-refractivity contribution in [2.75, 3.05) is 31.6 Å². The van der Waals surface area contributed by atoms with Crippen molar-refractivity contribution in [2.45, 2.75) is 130 Å². The van der Waals surface area contributed by atoms with Gasteiger partial charge in [-0.25, -0.2) is 0 Å². The number of benzene rings is 3. The minimum atomic E-state index is -2.93. The second kappa shape index (κ2) is 17.5. The van der Waals surface area contributed by atoms with E-state index in [9.17, 15) is 29.2 Å². The highest BCUT2D eigenvalue weighted by atomic mass is 16.5. The average molecular weight is 890 g/mol. The van der Waals surface area contributed by atoms with E-state index in [1.165, 1.54) is 12.1 Å². The fourth-order valence-electron chi connectivity index (χ4n) is 11.4. The Morgan fingerprint density at radius 1 is 0.938 bits per heavy atom. The third kappa shape index (κ3) is 8.44. The van der Waals surface area contributed by atoms with Gasteiger partial charge in [0.1, 0.15) is 35.5 Å². The SMILES string of the molecule is [2H]C([2H])([2H])Oc1cc(OC2CC(N(CC3CCN(c4ccc(C(=O)NC5C(C)(C)C(Oc6cc(C)c(C#N)c(C)c6)C5(C)C)cc4)CC3)C(C)C)C2)cc2c1C(=O)N([C@@H]1CCC(=O)NC1=O)C2=O. The molecule has 4 fully saturated rings. The van der Waals surface area contributed by atoms with Gasteiger partial charge in [-0.15, -0.1) is 0 Å². The Morgan fingerprint density at radius 2 is 1.58 bits per heavy atom. The van der Waals surface area contributed by atoms with E-state index in [0.717, 1.165) is 59.9 Å². The second-order valence-electron chi connectivity index (χ2n) is 20.1. The molecule has 2 N–H and O–H groups in total. The third-order valence-electron chi connectivity index (χ3n) is 14.7. The van der Waals surface area contributed by atoms with Gasteiger partial charge in [-0.05, 0) is 106 Å². The Balaban J connectivity index is 0.831. The van der Waals surface area contributed by atoms with Crippen molar-refractivity contribution in [3.8, 4) is 23.3 Å². The molecule has 0 radical (unpaired) electrons. The van der Waals surface area contributed by atoms with E-state index in [4.69, 9.17) is 18.3 Å². The van der Waals surface area contributed by atoms with E-state index in [0.29, 0.717) is 29.9 Å². The first-order valence-corrected chi connectivity index (χ1v) is 22.8. The summed E-state index contributed by atoms with van der Waals surface area (Å²) >= 11 is 0. The van der Waals surface area contributed by atoms with Gasteiger partial charge < -0.3 is 24.4 Å².